The Kier molecular flexibility index (Phi) is 4.06. The van der Waals surface area contributed by atoms with Crippen LogP contribution in [0.2, 0.25) is 0 Å². The molecular weight excluding hydrogens is 310 g/mol. The maximum atomic E-state index is 12.1. The molecule has 0 heterocycles. The molecule has 2 N–H and O–H groups in total. The summed E-state index contributed by atoms with van der Waals surface area (Å²) in [5.41, 5.74) is 0.745. The molecule has 0 saturated heterocycles. The molecular formula is C14H12BrNO3. The van der Waals surface area contributed by atoms with Crippen LogP contribution in [0.5, 0.6) is 11.5 Å². The van der Waals surface area contributed by atoms with Crippen LogP contribution >= 0.6 is 15.9 Å². The molecule has 2 aromatic rings. The smallest absolute Gasteiger partial charge is 0.259 e. The molecule has 5 heteroatoms. The molecule has 0 fully saturated rings. The summed E-state index contributed by atoms with van der Waals surface area (Å²) in [6.07, 6.45) is 0. The normalized spacial score (nSPS) is 10.0. The number of rotatable bonds is 3. The zero-order valence-electron chi connectivity index (χ0n) is 10.2. The minimum Gasteiger partial charge on any atom is -0.507 e. The van der Waals surface area contributed by atoms with E-state index in [-0.39, 0.29) is 11.3 Å². The number of amides is 1. The fourth-order valence-corrected chi connectivity index (χ4v) is 1.99. The molecule has 4 nitrogen and oxygen atoms in total. The molecule has 0 spiro atoms. The number of phenols is 1. The Balaban J connectivity index is 2.29. The standard InChI is InChI=1S/C14H12BrNO3/c1-19-13-7-6-9(15)8-11(13)16-14(18)10-4-2-3-5-12(10)17/h2-8,17H,1H3,(H,16,18). The number of para-hydroxylation sites is 1. The Morgan fingerprint density at radius 3 is 2.68 bits per heavy atom. The Labute approximate surface area is 119 Å². The van der Waals surface area contributed by atoms with Crippen LogP contribution in [0.1, 0.15) is 10.4 Å². The largest absolute Gasteiger partial charge is 0.507 e. The number of anilines is 1. The quantitative estimate of drug-likeness (QED) is 0.910. The van der Waals surface area contributed by atoms with Gasteiger partial charge in [-0.25, -0.2) is 0 Å². The van der Waals surface area contributed by atoms with Crippen LogP contribution in [-0.4, -0.2) is 18.1 Å². The molecule has 0 aliphatic heterocycles. The Morgan fingerprint density at radius 1 is 1.26 bits per heavy atom. The average Bonchev–Trinajstić information content (AvgIpc) is 2.39. The van der Waals surface area contributed by atoms with E-state index in [1.807, 2.05) is 6.07 Å². The lowest BCUT2D eigenvalue weighted by molar-refractivity contribution is 0.102. The molecule has 1 amide bonds. The summed E-state index contributed by atoms with van der Waals surface area (Å²) < 4.78 is 5.99. The van der Waals surface area contributed by atoms with E-state index in [0.717, 1.165) is 4.47 Å². The highest BCUT2D eigenvalue weighted by atomic mass is 79.9. The van der Waals surface area contributed by atoms with E-state index in [1.54, 1.807) is 30.3 Å². The molecule has 0 saturated carbocycles. The van der Waals surface area contributed by atoms with Gasteiger partial charge in [0.05, 0.1) is 18.4 Å². The number of hydrogen-bond acceptors (Lipinski definition) is 3. The van der Waals surface area contributed by atoms with Crippen molar-refractivity contribution >= 4 is 27.5 Å². The predicted octanol–water partition coefficient (Wildman–Crippen LogP) is 3.42. The van der Waals surface area contributed by atoms with Crippen LogP contribution in [-0.2, 0) is 0 Å². The van der Waals surface area contributed by atoms with E-state index < -0.39 is 5.91 Å². The second-order valence-corrected chi connectivity index (χ2v) is 4.73. The maximum absolute atomic E-state index is 12.1. The number of benzene rings is 2. The number of nitrogens with one attached hydrogen (secondary N) is 1. The first-order chi connectivity index (χ1) is 9.11. The van der Waals surface area contributed by atoms with Crippen molar-refractivity contribution in [2.45, 2.75) is 0 Å². The van der Waals surface area contributed by atoms with Crippen molar-refractivity contribution in [1.82, 2.24) is 0 Å². The molecule has 2 aromatic carbocycles. The third-order valence-corrected chi connectivity index (χ3v) is 3.05. The highest BCUT2D eigenvalue weighted by Crippen LogP contribution is 2.29. The maximum Gasteiger partial charge on any atom is 0.259 e. The molecule has 0 atom stereocenters. The minimum absolute atomic E-state index is 0.0611. The zero-order valence-corrected chi connectivity index (χ0v) is 11.8. The first-order valence-corrected chi connectivity index (χ1v) is 6.34. The van der Waals surface area contributed by atoms with Crippen molar-refractivity contribution in [3.05, 3.63) is 52.5 Å². The van der Waals surface area contributed by atoms with Crippen molar-refractivity contribution in [3.63, 3.8) is 0 Å². The first-order valence-electron chi connectivity index (χ1n) is 5.54. The number of aromatic hydroxyl groups is 1. The molecule has 0 bridgehead atoms. The molecule has 0 aliphatic rings. The Hall–Kier alpha value is -2.01. The second-order valence-electron chi connectivity index (χ2n) is 3.82. The first kappa shape index (κ1) is 13.4. The Morgan fingerprint density at radius 2 is 2.00 bits per heavy atom. The van der Waals surface area contributed by atoms with Crippen molar-refractivity contribution < 1.29 is 14.6 Å². The third-order valence-electron chi connectivity index (χ3n) is 2.56. The highest BCUT2D eigenvalue weighted by Gasteiger charge is 2.13. The van der Waals surface area contributed by atoms with Gasteiger partial charge in [-0.1, -0.05) is 28.1 Å². The van der Waals surface area contributed by atoms with Crippen LogP contribution < -0.4 is 10.1 Å². The van der Waals surface area contributed by atoms with Gasteiger partial charge in [-0.2, -0.15) is 0 Å². The second kappa shape index (κ2) is 5.75. The number of methoxy groups -OCH3 is 1. The molecule has 0 aromatic heterocycles. The van der Waals surface area contributed by atoms with Gasteiger partial charge in [-0.05, 0) is 30.3 Å². The van der Waals surface area contributed by atoms with Crippen LogP contribution in [0.15, 0.2) is 46.9 Å². The molecule has 19 heavy (non-hydrogen) atoms. The van der Waals surface area contributed by atoms with E-state index in [4.69, 9.17) is 4.74 Å². The Bertz CT molecular complexity index is 613. The lowest BCUT2D eigenvalue weighted by atomic mass is 10.2. The summed E-state index contributed by atoms with van der Waals surface area (Å²) >= 11 is 3.33. The highest BCUT2D eigenvalue weighted by molar-refractivity contribution is 9.10. The van der Waals surface area contributed by atoms with Gasteiger partial charge < -0.3 is 15.2 Å². The molecule has 2 rings (SSSR count). The number of ether oxygens (including phenoxy) is 1. The van der Waals surface area contributed by atoms with Gasteiger partial charge in [-0.15, -0.1) is 0 Å². The van der Waals surface area contributed by atoms with E-state index in [1.165, 1.54) is 13.2 Å². The van der Waals surface area contributed by atoms with Crippen molar-refractivity contribution in [3.8, 4) is 11.5 Å². The van der Waals surface area contributed by atoms with Gasteiger partial charge in [-0.3, -0.25) is 4.79 Å². The monoisotopic (exact) mass is 321 g/mol. The number of hydrogen-bond donors (Lipinski definition) is 2. The lowest BCUT2D eigenvalue weighted by Gasteiger charge is -2.11. The summed E-state index contributed by atoms with van der Waals surface area (Å²) in [6.45, 7) is 0. The number of halogens is 1. The predicted molar refractivity (Wildman–Crippen MR) is 76.8 cm³/mol. The van der Waals surface area contributed by atoms with Gasteiger partial charge in [0.15, 0.2) is 0 Å². The van der Waals surface area contributed by atoms with Crippen LogP contribution in [0.4, 0.5) is 5.69 Å². The van der Waals surface area contributed by atoms with Crippen molar-refractivity contribution in [2.75, 3.05) is 12.4 Å². The summed E-state index contributed by atoms with van der Waals surface area (Å²) in [5, 5.41) is 12.3. The van der Waals surface area contributed by atoms with Gasteiger partial charge in [0.2, 0.25) is 0 Å². The third kappa shape index (κ3) is 3.06. The summed E-state index contributed by atoms with van der Waals surface area (Å²) in [7, 11) is 1.53. The lowest BCUT2D eigenvalue weighted by Crippen LogP contribution is -2.12. The van der Waals surface area contributed by atoms with Gasteiger partial charge in [0.25, 0.3) is 5.91 Å². The van der Waals surface area contributed by atoms with Crippen LogP contribution in [0, 0.1) is 0 Å². The zero-order chi connectivity index (χ0) is 13.8. The average molecular weight is 322 g/mol. The molecule has 0 aliphatic carbocycles. The topological polar surface area (TPSA) is 58.6 Å². The number of carbonyl (C=O) groups excluding carboxylic acids is 1. The van der Waals surface area contributed by atoms with Crippen LogP contribution in [0.25, 0.3) is 0 Å². The summed E-state index contributed by atoms with van der Waals surface area (Å²) in [6, 6.07) is 11.6. The van der Waals surface area contributed by atoms with E-state index in [2.05, 4.69) is 21.2 Å². The summed E-state index contributed by atoms with van der Waals surface area (Å²) in [4.78, 5) is 12.1. The van der Waals surface area contributed by atoms with E-state index >= 15 is 0 Å². The van der Waals surface area contributed by atoms with Gasteiger partial charge >= 0.3 is 0 Å². The number of carbonyl (C=O) groups is 1. The van der Waals surface area contributed by atoms with E-state index in [0.29, 0.717) is 11.4 Å². The van der Waals surface area contributed by atoms with Crippen molar-refractivity contribution in [2.24, 2.45) is 0 Å². The SMILES string of the molecule is COc1ccc(Br)cc1NC(=O)c1ccccc1O. The molecule has 98 valence electrons. The van der Waals surface area contributed by atoms with Gasteiger partial charge in [0.1, 0.15) is 11.5 Å². The molecule has 0 radical (unpaired) electrons. The van der Waals surface area contributed by atoms with Crippen molar-refractivity contribution in [1.29, 1.82) is 0 Å². The number of phenolic OH excluding ortho intramolecular Hbond substituents is 1. The van der Waals surface area contributed by atoms with Crippen LogP contribution in [0.3, 0.4) is 0 Å². The van der Waals surface area contributed by atoms with E-state index in [9.17, 15) is 9.90 Å². The molecule has 0 unspecified atom stereocenters. The fourth-order valence-electron chi connectivity index (χ4n) is 1.63. The minimum atomic E-state index is -0.394. The van der Waals surface area contributed by atoms with Gasteiger partial charge in [0, 0.05) is 4.47 Å². The fraction of sp³-hybridized carbons (Fsp3) is 0.0714. The summed E-state index contributed by atoms with van der Waals surface area (Å²) in [5.74, 6) is 0.0930.